The van der Waals surface area contributed by atoms with E-state index >= 15 is 0 Å². The van der Waals surface area contributed by atoms with Crippen molar-refractivity contribution < 1.29 is 0 Å². The van der Waals surface area contributed by atoms with Crippen molar-refractivity contribution in [3.63, 3.8) is 0 Å². The smallest absolute Gasteiger partial charge is 0.153 e. The molecule has 0 unspecified atom stereocenters. The normalized spacial score (nSPS) is 19.1. The van der Waals surface area contributed by atoms with E-state index in [2.05, 4.69) is 28.6 Å². The zero-order valence-electron chi connectivity index (χ0n) is 9.11. The van der Waals surface area contributed by atoms with Crippen LogP contribution in [0.5, 0.6) is 0 Å². The molecule has 0 bridgehead atoms. The Morgan fingerprint density at radius 2 is 2.00 bits per heavy atom. The van der Waals surface area contributed by atoms with E-state index in [1.54, 1.807) is 0 Å². The molecule has 1 aromatic rings. The summed E-state index contributed by atoms with van der Waals surface area (Å²) >= 11 is 0. The fourth-order valence-corrected chi connectivity index (χ4v) is 2.07. The molecule has 0 spiro atoms. The molecule has 1 fully saturated rings. The summed E-state index contributed by atoms with van der Waals surface area (Å²) in [4.78, 5) is 4.34. The van der Waals surface area contributed by atoms with E-state index in [0.29, 0.717) is 12.0 Å². The third-order valence-electron chi connectivity index (χ3n) is 2.99. The highest BCUT2D eigenvalue weighted by atomic mass is 15.3. The SMILES string of the molecule is CC(C)c1ncn(C2CCCCC2)n1. The minimum absolute atomic E-state index is 0.444. The monoisotopic (exact) mass is 193 g/mol. The first kappa shape index (κ1) is 9.69. The minimum atomic E-state index is 0.444. The summed E-state index contributed by atoms with van der Waals surface area (Å²) in [6.07, 6.45) is 8.55. The average Bonchev–Trinajstić information content (AvgIpc) is 2.68. The Morgan fingerprint density at radius 3 is 2.57 bits per heavy atom. The van der Waals surface area contributed by atoms with Gasteiger partial charge in [0.25, 0.3) is 0 Å². The Balaban J connectivity index is 2.07. The number of nitrogens with zero attached hydrogens (tertiary/aromatic N) is 3. The molecule has 0 saturated heterocycles. The molecular weight excluding hydrogens is 174 g/mol. The molecule has 0 atom stereocenters. The van der Waals surface area contributed by atoms with Gasteiger partial charge in [-0.05, 0) is 12.8 Å². The Kier molecular flexibility index (Phi) is 2.85. The van der Waals surface area contributed by atoms with Gasteiger partial charge in [0.2, 0.25) is 0 Å². The van der Waals surface area contributed by atoms with Gasteiger partial charge in [-0.15, -0.1) is 0 Å². The second kappa shape index (κ2) is 4.11. The maximum Gasteiger partial charge on any atom is 0.153 e. The molecule has 0 aromatic carbocycles. The van der Waals surface area contributed by atoms with Gasteiger partial charge in [-0.25, -0.2) is 9.67 Å². The van der Waals surface area contributed by atoms with Crippen LogP contribution in [0, 0.1) is 0 Å². The predicted octanol–water partition coefficient (Wildman–Crippen LogP) is 2.91. The van der Waals surface area contributed by atoms with Crippen LogP contribution < -0.4 is 0 Å². The number of aromatic nitrogens is 3. The van der Waals surface area contributed by atoms with Crippen LogP contribution in [0.25, 0.3) is 0 Å². The van der Waals surface area contributed by atoms with E-state index in [-0.39, 0.29) is 0 Å². The zero-order valence-corrected chi connectivity index (χ0v) is 9.11. The van der Waals surface area contributed by atoms with E-state index in [1.807, 2.05) is 6.33 Å². The van der Waals surface area contributed by atoms with Crippen molar-refractivity contribution in [1.82, 2.24) is 14.8 Å². The van der Waals surface area contributed by atoms with E-state index < -0.39 is 0 Å². The van der Waals surface area contributed by atoms with Crippen molar-refractivity contribution in [2.24, 2.45) is 0 Å². The van der Waals surface area contributed by atoms with Crippen molar-refractivity contribution in [3.05, 3.63) is 12.2 Å². The van der Waals surface area contributed by atoms with E-state index in [9.17, 15) is 0 Å². The maximum atomic E-state index is 4.54. The molecule has 0 aliphatic heterocycles. The van der Waals surface area contributed by atoms with E-state index in [0.717, 1.165) is 5.82 Å². The fraction of sp³-hybridized carbons (Fsp3) is 0.818. The second-order valence-electron chi connectivity index (χ2n) is 4.53. The number of hydrogen-bond donors (Lipinski definition) is 0. The summed E-state index contributed by atoms with van der Waals surface area (Å²) in [7, 11) is 0. The van der Waals surface area contributed by atoms with Crippen LogP contribution in [0.4, 0.5) is 0 Å². The first-order chi connectivity index (χ1) is 6.77. The van der Waals surface area contributed by atoms with Crippen LogP contribution in [-0.2, 0) is 0 Å². The van der Waals surface area contributed by atoms with Gasteiger partial charge in [-0.3, -0.25) is 0 Å². The summed E-state index contributed by atoms with van der Waals surface area (Å²) in [6.45, 7) is 4.28. The summed E-state index contributed by atoms with van der Waals surface area (Å²) in [5, 5.41) is 4.54. The molecule has 1 saturated carbocycles. The van der Waals surface area contributed by atoms with Gasteiger partial charge in [0, 0.05) is 5.92 Å². The highest BCUT2D eigenvalue weighted by Crippen LogP contribution is 2.27. The molecule has 1 aliphatic rings. The van der Waals surface area contributed by atoms with Gasteiger partial charge >= 0.3 is 0 Å². The van der Waals surface area contributed by atoms with Crippen LogP contribution in [0.2, 0.25) is 0 Å². The highest BCUT2D eigenvalue weighted by molar-refractivity contribution is 4.90. The lowest BCUT2D eigenvalue weighted by molar-refractivity contribution is 0.327. The topological polar surface area (TPSA) is 30.7 Å². The van der Waals surface area contributed by atoms with Crippen molar-refractivity contribution in [2.75, 3.05) is 0 Å². The van der Waals surface area contributed by atoms with Crippen molar-refractivity contribution in [2.45, 2.75) is 57.9 Å². The molecule has 0 radical (unpaired) electrons. The summed E-state index contributed by atoms with van der Waals surface area (Å²) in [5.41, 5.74) is 0. The van der Waals surface area contributed by atoms with Crippen molar-refractivity contribution in [1.29, 1.82) is 0 Å². The first-order valence-electron chi connectivity index (χ1n) is 5.68. The summed E-state index contributed by atoms with van der Waals surface area (Å²) in [5.74, 6) is 1.43. The Labute approximate surface area is 85.5 Å². The van der Waals surface area contributed by atoms with Crippen LogP contribution in [-0.4, -0.2) is 14.8 Å². The number of hydrogen-bond acceptors (Lipinski definition) is 2. The lowest BCUT2D eigenvalue weighted by Gasteiger charge is -2.21. The molecule has 1 aliphatic carbocycles. The molecule has 3 nitrogen and oxygen atoms in total. The fourth-order valence-electron chi connectivity index (χ4n) is 2.07. The van der Waals surface area contributed by atoms with E-state index in [1.165, 1.54) is 32.1 Å². The van der Waals surface area contributed by atoms with Crippen LogP contribution in [0.3, 0.4) is 0 Å². The minimum Gasteiger partial charge on any atom is -0.250 e. The number of rotatable bonds is 2. The molecule has 3 heteroatoms. The third-order valence-corrected chi connectivity index (χ3v) is 2.99. The third kappa shape index (κ3) is 1.97. The highest BCUT2D eigenvalue weighted by Gasteiger charge is 2.17. The second-order valence-corrected chi connectivity index (χ2v) is 4.53. The molecule has 2 rings (SSSR count). The Morgan fingerprint density at radius 1 is 1.29 bits per heavy atom. The predicted molar refractivity (Wildman–Crippen MR) is 56.2 cm³/mol. The maximum absolute atomic E-state index is 4.54. The van der Waals surface area contributed by atoms with Gasteiger partial charge in [-0.1, -0.05) is 33.1 Å². The van der Waals surface area contributed by atoms with Crippen molar-refractivity contribution >= 4 is 0 Å². The van der Waals surface area contributed by atoms with Crippen molar-refractivity contribution in [3.8, 4) is 0 Å². The molecule has 0 N–H and O–H groups in total. The van der Waals surface area contributed by atoms with E-state index in [4.69, 9.17) is 0 Å². The molecule has 1 heterocycles. The Bertz CT molecular complexity index is 284. The standard InChI is InChI=1S/C11H19N3/c1-9(2)11-12-8-14(13-11)10-6-4-3-5-7-10/h8-10H,3-7H2,1-2H3. The molecule has 1 aromatic heterocycles. The average molecular weight is 193 g/mol. The van der Waals surface area contributed by atoms with Crippen LogP contribution in [0.15, 0.2) is 6.33 Å². The van der Waals surface area contributed by atoms with Crippen LogP contribution in [0.1, 0.15) is 63.7 Å². The lowest BCUT2D eigenvalue weighted by Crippen LogP contribution is -2.13. The van der Waals surface area contributed by atoms with Gasteiger partial charge in [-0.2, -0.15) is 5.10 Å². The van der Waals surface area contributed by atoms with Gasteiger partial charge in [0.15, 0.2) is 5.82 Å². The zero-order chi connectivity index (χ0) is 9.97. The largest absolute Gasteiger partial charge is 0.250 e. The van der Waals surface area contributed by atoms with Gasteiger partial charge in [0.05, 0.1) is 6.04 Å². The Hall–Kier alpha value is -0.860. The quantitative estimate of drug-likeness (QED) is 0.723. The summed E-state index contributed by atoms with van der Waals surface area (Å²) < 4.78 is 2.08. The van der Waals surface area contributed by atoms with Gasteiger partial charge in [0.1, 0.15) is 6.33 Å². The summed E-state index contributed by atoms with van der Waals surface area (Å²) in [6, 6.07) is 0.615. The lowest BCUT2D eigenvalue weighted by atomic mass is 9.96. The molecule has 0 amide bonds. The first-order valence-corrected chi connectivity index (χ1v) is 5.68. The van der Waals surface area contributed by atoms with Crippen LogP contribution >= 0.6 is 0 Å². The molecular formula is C11H19N3. The van der Waals surface area contributed by atoms with Gasteiger partial charge < -0.3 is 0 Å². The molecule has 14 heavy (non-hydrogen) atoms. The molecule has 78 valence electrons.